The molecule has 0 unspecified atom stereocenters. The zero-order valence-corrected chi connectivity index (χ0v) is 12.9. The van der Waals surface area contributed by atoms with E-state index in [0.29, 0.717) is 11.3 Å². The lowest BCUT2D eigenvalue weighted by Gasteiger charge is -2.17. The number of halogens is 1. The van der Waals surface area contributed by atoms with Crippen molar-refractivity contribution >= 4 is 38.9 Å². The Morgan fingerprint density at radius 1 is 1.20 bits per heavy atom. The van der Waals surface area contributed by atoms with E-state index in [9.17, 15) is 4.79 Å². The lowest BCUT2D eigenvalue weighted by Crippen LogP contribution is -2.18. The lowest BCUT2D eigenvalue weighted by molar-refractivity contribution is 0.102. The molecule has 104 valence electrons. The second-order valence-electron chi connectivity index (χ2n) is 4.64. The van der Waals surface area contributed by atoms with Crippen molar-refractivity contribution in [2.75, 3.05) is 30.0 Å². The Balaban J connectivity index is 2.31. The molecule has 2 aromatic carbocycles. The van der Waals surface area contributed by atoms with E-state index in [1.54, 1.807) is 12.1 Å². The maximum Gasteiger partial charge on any atom is 0.257 e. The third-order valence-corrected chi connectivity index (χ3v) is 3.32. The highest BCUT2D eigenvalue weighted by molar-refractivity contribution is 9.10. The fraction of sp³-hybridized carbons (Fsp3) is 0.133. The van der Waals surface area contributed by atoms with Gasteiger partial charge in [0.25, 0.3) is 5.91 Å². The van der Waals surface area contributed by atoms with Gasteiger partial charge in [-0.3, -0.25) is 4.79 Å². The molecule has 0 aliphatic rings. The molecule has 0 atom stereocenters. The average Bonchev–Trinajstić information content (AvgIpc) is 2.38. The predicted octanol–water partition coefficient (Wildman–Crippen LogP) is 3.35. The molecule has 5 heteroatoms. The van der Waals surface area contributed by atoms with Crippen LogP contribution in [0.4, 0.5) is 17.1 Å². The van der Waals surface area contributed by atoms with Crippen LogP contribution in [0.1, 0.15) is 10.4 Å². The van der Waals surface area contributed by atoms with Gasteiger partial charge in [0.05, 0.1) is 5.56 Å². The standard InChI is InChI=1S/C15H16BrN3O/c1-19(2)14-7-6-11(17)9-13(14)15(20)18-12-5-3-4-10(16)8-12/h3-9H,17H2,1-2H3,(H,18,20). The Labute approximate surface area is 126 Å². The smallest absolute Gasteiger partial charge is 0.257 e. The van der Waals surface area contributed by atoms with Crippen LogP contribution in [-0.4, -0.2) is 20.0 Å². The Bertz CT molecular complexity index is 641. The first-order valence-electron chi connectivity index (χ1n) is 6.11. The summed E-state index contributed by atoms with van der Waals surface area (Å²) in [6, 6.07) is 12.8. The van der Waals surface area contributed by atoms with Crippen LogP contribution in [0.25, 0.3) is 0 Å². The third-order valence-electron chi connectivity index (χ3n) is 2.83. The average molecular weight is 334 g/mol. The SMILES string of the molecule is CN(C)c1ccc(N)cc1C(=O)Nc1cccc(Br)c1. The monoisotopic (exact) mass is 333 g/mol. The fourth-order valence-corrected chi connectivity index (χ4v) is 2.29. The van der Waals surface area contributed by atoms with Gasteiger partial charge in [-0.15, -0.1) is 0 Å². The first kappa shape index (κ1) is 14.4. The molecule has 1 amide bonds. The van der Waals surface area contributed by atoms with Crippen molar-refractivity contribution in [2.24, 2.45) is 0 Å². The minimum absolute atomic E-state index is 0.181. The van der Waals surface area contributed by atoms with Gasteiger partial charge in [0.15, 0.2) is 0 Å². The second-order valence-corrected chi connectivity index (χ2v) is 5.55. The number of rotatable bonds is 3. The van der Waals surface area contributed by atoms with Crippen molar-refractivity contribution in [2.45, 2.75) is 0 Å². The minimum atomic E-state index is -0.181. The largest absolute Gasteiger partial charge is 0.399 e. The molecule has 0 aliphatic carbocycles. The number of carbonyl (C=O) groups is 1. The highest BCUT2D eigenvalue weighted by Crippen LogP contribution is 2.23. The van der Waals surface area contributed by atoms with Gasteiger partial charge < -0.3 is 16.0 Å². The zero-order chi connectivity index (χ0) is 14.7. The summed E-state index contributed by atoms with van der Waals surface area (Å²) in [5.41, 5.74) is 8.45. The topological polar surface area (TPSA) is 58.4 Å². The predicted molar refractivity (Wildman–Crippen MR) is 87.3 cm³/mol. The first-order valence-corrected chi connectivity index (χ1v) is 6.90. The normalized spacial score (nSPS) is 10.2. The van der Waals surface area contributed by atoms with Gasteiger partial charge in [0.1, 0.15) is 0 Å². The molecular weight excluding hydrogens is 318 g/mol. The second kappa shape index (κ2) is 5.96. The lowest BCUT2D eigenvalue weighted by atomic mass is 10.1. The van der Waals surface area contributed by atoms with Crippen LogP contribution in [0.15, 0.2) is 46.9 Å². The summed E-state index contributed by atoms with van der Waals surface area (Å²) in [4.78, 5) is 14.3. The van der Waals surface area contributed by atoms with Crippen LogP contribution in [0.3, 0.4) is 0 Å². The Morgan fingerprint density at radius 3 is 2.60 bits per heavy atom. The quantitative estimate of drug-likeness (QED) is 0.847. The maximum absolute atomic E-state index is 12.4. The summed E-state index contributed by atoms with van der Waals surface area (Å²) in [5.74, 6) is -0.181. The summed E-state index contributed by atoms with van der Waals surface area (Å²) < 4.78 is 0.913. The molecule has 0 saturated carbocycles. The van der Waals surface area contributed by atoms with Crippen LogP contribution in [-0.2, 0) is 0 Å². The van der Waals surface area contributed by atoms with Crippen LogP contribution < -0.4 is 16.0 Å². The minimum Gasteiger partial charge on any atom is -0.399 e. The third kappa shape index (κ3) is 3.30. The number of nitrogens with two attached hydrogens (primary N) is 1. The van der Waals surface area contributed by atoms with Gasteiger partial charge in [-0.1, -0.05) is 22.0 Å². The first-order chi connectivity index (χ1) is 9.47. The highest BCUT2D eigenvalue weighted by Gasteiger charge is 2.13. The van der Waals surface area contributed by atoms with Gasteiger partial charge in [0, 0.05) is 35.6 Å². The molecule has 0 spiro atoms. The van der Waals surface area contributed by atoms with E-state index >= 15 is 0 Å². The number of anilines is 3. The fourth-order valence-electron chi connectivity index (χ4n) is 1.89. The Kier molecular flexibility index (Phi) is 4.29. The van der Waals surface area contributed by atoms with Gasteiger partial charge in [-0.05, 0) is 36.4 Å². The summed E-state index contributed by atoms with van der Waals surface area (Å²) in [6.07, 6.45) is 0. The molecule has 2 rings (SSSR count). The van der Waals surface area contributed by atoms with E-state index in [1.165, 1.54) is 0 Å². The van der Waals surface area contributed by atoms with E-state index in [4.69, 9.17) is 5.73 Å². The summed E-state index contributed by atoms with van der Waals surface area (Å²) in [5, 5.41) is 2.87. The molecule has 0 aromatic heterocycles. The Morgan fingerprint density at radius 2 is 1.95 bits per heavy atom. The molecule has 0 fully saturated rings. The highest BCUT2D eigenvalue weighted by atomic mass is 79.9. The van der Waals surface area contributed by atoms with Crippen molar-refractivity contribution in [1.82, 2.24) is 0 Å². The van der Waals surface area contributed by atoms with E-state index in [2.05, 4.69) is 21.2 Å². The molecular formula is C15H16BrN3O. The molecule has 20 heavy (non-hydrogen) atoms. The van der Waals surface area contributed by atoms with Crippen molar-refractivity contribution in [3.05, 3.63) is 52.5 Å². The van der Waals surface area contributed by atoms with Gasteiger partial charge in [-0.2, -0.15) is 0 Å². The molecule has 3 N–H and O–H groups in total. The molecule has 0 aliphatic heterocycles. The van der Waals surface area contributed by atoms with E-state index < -0.39 is 0 Å². The van der Waals surface area contributed by atoms with Crippen molar-refractivity contribution in [3.8, 4) is 0 Å². The van der Waals surface area contributed by atoms with E-state index in [1.807, 2.05) is 49.3 Å². The number of nitrogens with one attached hydrogen (secondary N) is 1. The number of hydrogen-bond acceptors (Lipinski definition) is 3. The number of hydrogen-bond donors (Lipinski definition) is 2. The van der Waals surface area contributed by atoms with E-state index in [0.717, 1.165) is 15.8 Å². The van der Waals surface area contributed by atoms with Crippen molar-refractivity contribution < 1.29 is 4.79 Å². The number of amides is 1. The summed E-state index contributed by atoms with van der Waals surface area (Å²) >= 11 is 3.38. The van der Waals surface area contributed by atoms with Crippen molar-refractivity contribution in [1.29, 1.82) is 0 Å². The number of nitrogens with zero attached hydrogens (tertiary/aromatic N) is 1. The molecule has 0 heterocycles. The van der Waals surface area contributed by atoms with E-state index in [-0.39, 0.29) is 5.91 Å². The van der Waals surface area contributed by atoms with Crippen LogP contribution in [0.2, 0.25) is 0 Å². The number of nitrogen functional groups attached to an aromatic ring is 1. The van der Waals surface area contributed by atoms with Gasteiger partial charge in [-0.25, -0.2) is 0 Å². The molecule has 0 saturated heterocycles. The summed E-state index contributed by atoms with van der Waals surface area (Å²) in [7, 11) is 3.78. The van der Waals surface area contributed by atoms with Crippen LogP contribution >= 0.6 is 15.9 Å². The Hall–Kier alpha value is -2.01. The van der Waals surface area contributed by atoms with Crippen LogP contribution in [0, 0.1) is 0 Å². The van der Waals surface area contributed by atoms with Crippen molar-refractivity contribution in [3.63, 3.8) is 0 Å². The molecule has 4 nitrogen and oxygen atoms in total. The summed E-state index contributed by atoms with van der Waals surface area (Å²) in [6.45, 7) is 0. The van der Waals surface area contributed by atoms with Gasteiger partial charge in [0.2, 0.25) is 0 Å². The van der Waals surface area contributed by atoms with Crippen LogP contribution in [0.5, 0.6) is 0 Å². The number of carbonyl (C=O) groups excluding carboxylic acids is 1. The maximum atomic E-state index is 12.4. The molecule has 2 aromatic rings. The zero-order valence-electron chi connectivity index (χ0n) is 11.4. The number of benzene rings is 2. The molecule has 0 bridgehead atoms. The van der Waals surface area contributed by atoms with Gasteiger partial charge >= 0.3 is 0 Å². The molecule has 0 radical (unpaired) electrons.